The lowest BCUT2D eigenvalue weighted by molar-refractivity contribution is 0.299. The number of benzene rings is 4. The maximum atomic E-state index is 10.1. The van der Waals surface area contributed by atoms with Crippen molar-refractivity contribution < 1.29 is 19.3 Å². The Balaban J connectivity index is 1.31. The largest absolute Gasteiger partial charge is 0.508 e. The van der Waals surface area contributed by atoms with Gasteiger partial charge >= 0.3 is 0 Å². The molecule has 1 aliphatic heterocycles. The molecule has 0 aliphatic carbocycles. The van der Waals surface area contributed by atoms with Crippen LogP contribution < -0.4 is 14.2 Å². The first-order valence-electron chi connectivity index (χ1n) is 12.2. The van der Waals surface area contributed by atoms with Crippen molar-refractivity contribution in [3.63, 3.8) is 0 Å². The molecule has 3 heterocycles. The lowest BCUT2D eigenvalue weighted by Crippen LogP contribution is -2.15. The Kier molecular flexibility index (Phi) is 5.11. The van der Waals surface area contributed by atoms with Crippen LogP contribution in [0, 0.1) is 0 Å². The Bertz CT molecular complexity index is 1810. The van der Waals surface area contributed by atoms with E-state index in [1.807, 2.05) is 60.7 Å². The number of aromatic nitrogens is 4. The minimum atomic E-state index is -0.243. The van der Waals surface area contributed by atoms with Crippen LogP contribution in [0.5, 0.6) is 28.9 Å². The van der Waals surface area contributed by atoms with Gasteiger partial charge in [-0.1, -0.05) is 54.6 Å². The van der Waals surface area contributed by atoms with Crippen molar-refractivity contribution in [3.8, 4) is 28.9 Å². The van der Waals surface area contributed by atoms with E-state index in [-0.39, 0.29) is 18.3 Å². The molecule has 0 bridgehead atoms. The monoisotopic (exact) mass is 502 g/mol. The molecular formula is C30H22N4O4. The van der Waals surface area contributed by atoms with Crippen LogP contribution in [-0.2, 0) is 6.61 Å². The molecule has 0 saturated carbocycles. The lowest BCUT2D eigenvalue weighted by Gasteiger charge is -2.28. The molecule has 2 aromatic heterocycles. The molecule has 4 aromatic carbocycles. The summed E-state index contributed by atoms with van der Waals surface area (Å²) in [4.78, 5) is 9.40. The molecule has 0 saturated heterocycles. The summed E-state index contributed by atoms with van der Waals surface area (Å²) in [6.07, 6.45) is 1.58. The van der Waals surface area contributed by atoms with Crippen LogP contribution in [0.15, 0.2) is 91.3 Å². The van der Waals surface area contributed by atoms with E-state index in [0.29, 0.717) is 23.1 Å². The third-order valence-corrected chi connectivity index (χ3v) is 6.79. The van der Waals surface area contributed by atoms with Crippen LogP contribution in [0.25, 0.3) is 16.4 Å². The molecular weight excluding hydrogens is 480 g/mol. The van der Waals surface area contributed by atoms with E-state index in [4.69, 9.17) is 19.2 Å². The predicted molar refractivity (Wildman–Crippen MR) is 141 cm³/mol. The standard InChI is InChI=1S/C30H22N4O4/c1-36-21-12-9-19(10-13-21)27-23-14-11-20(35)15-25(23)38-30-28(27)29-32-26(33-34(29)17-31-30)16-37-24-8-4-6-18-5-2-3-7-22(18)24/h2-15,17,27,35H,16H2,1H3/t27-/m1/s1. The van der Waals surface area contributed by atoms with Crippen LogP contribution in [0.2, 0.25) is 0 Å². The summed E-state index contributed by atoms with van der Waals surface area (Å²) in [5.41, 5.74) is 3.33. The first kappa shape index (κ1) is 22.1. The summed E-state index contributed by atoms with van der Waals surface area (Å²) in [7, 11) is 1.64. The van der Waals surface area contributed by atoms with Gasteiger partial charge < -0.3 is 19.3 Å². The quantitative estimate of drug-likeness (QED) is 0.315. The Morgan fingerprint density at radius 1 is 0.974 bits per heavy atom. The van der Waals surface area contributed by atoms with Crippen molar-refractivity contribution >= 4 is 16.4 Å². The number of aromatic hydroxyl groups is 1. The van der Waals surface area contributed by atoms with Crippen molar-refractivity contribution in [2.75, 3.05) is 7.11 Å². The van der Waals surface area contributed by atoms with E-state index in [1.165, 1.54) is 0 Å². The van der Waals surface area contributed by atoms with Crippen molar-refractivity contribution in [1.82, 2.24) is 19.6 Å². The summed E-state index contributed by atoms with van der Waals surface area (Å²) >= 11 is 0. The van der Waals surface area contributed by atoms with Gasteiger partial charge in [-0.15, -0.1) is 5.10 Å². The summed E-state index contributed by atoms with van der Waals surface area (Å²) in [5.74, 6) is 2.91. The third kappa shape index (κ3) is 3.66. The van der Waals surface area contributed by atoms with Crippen LogP contribution in [0.1, 0.15) is 28.4 Å². The number of phenolic OH excluding ortho intramolecular Hbond substituents is 1. The van der Waals surface area contributed by atoms with Gasteiger partial charge in [0.2, 0.25) is 5.88 Å². The second-order valence-corrected chi connectivity index (χ2v) is 9.06. The molecule has 0 radical (unpaired) electrons. The zero-order valence-corrected chi connectivity index (χ0v) is 20.4. The van der Waals surface area contributed by atoms with E-state index < -0.39 is 0 Å². The molecule has 7 rings (SSSR count). The van der Waals surface area contributed by atoms with E-state index in [0.717, 1.165) is 39.0 Å². The zero-order valence-electron chi connectivity index (χ0n) is 20.4. The smallest absolute Gasteiger partial charge is 0.228 e. The van der Waals surface area contributed by atoms with Crippen molar-refractivity contribution in [3.05, 3.63) is 114 Å². The second-order valence-electron chi connectivity index (χ2n) is 9.06. The highest BCUT2D eigenvalue weighted by molar-refractivity contribution is 5.88. The van der Waals surface area contributed by atoms with Crippen LogP contribution in [0.3, 0.4) is 0 Å². The molecule has 1 N–H and O–H groups in total. The highest BCUT2D eigenvalue weighted by atomic mass is 16.5. The van der Waals surface area contributed by atoms with E-state index in [2.05, 4.69) is 22.2 Å². The first-order chi connectivity index (χ1) is 18.7. The number of ether oxygens (including phenoxy) is 3. The minimum Gasteiger partial charge on any atom is -0.508 e. The second kappa shape index (κ2) is 8.77. The third-order valence-electron chi connectivity index (χ3n) is 6.79. The summed E-state index contributed by atoms with van der Waals surface area (Å²) in [6, 6.07) is 27.1. The fourth-order valence-corrected chi connectivity index (χ4v) is 5.02. The average Bonchev–Trinajstić information content (AvgIpc) is 3.38. The maximum Gasteiger partial charge on any atom is 0.228 e. The number of phenols is 1. The number of nitrogens with zero attached hydrogens (tertiary/aromatic N) is 4. The average molecular weight is 503 g/mol. The lowest BCUT2D eigenvalue weighted by atomic mass is 9.84. The molecule has 0 unspecified atom stereocenters. The number of rotatable bonds is 5. The highest BCUT2D eigenvalue weighted by Crippen LogP contribution is 2.48. The Labute approximate surface area is 217 Å². The molecule has 0 fully saturated rings. The topological polar surface area (TPSA) is 91.0 Å². The number of methoxy groups -OCH3 is 1. The fraction of sp³-hybridized carbons (Fsp3) is 0.100. The molecule has 186 valence electrons. The maximum absolute atomic E-state index is 10.1. The van der Waals surface area contributed by atoms with E-state index in [1.54, 1.807) is 30.1 Å². The molecule has 1 aliphatic rings. The molecule has 1 atom stereocenters. The number of hydrogen-bond acceptors (Lipinski definition) is 7. The minimum absolute atomic E-state index is 0.122. The van der Waals surface area contributed by atoms with E-state index >= 15 is 0 Å². The molecule has 38 heavy (non-hydrogen) atoms. The zero-order chi connectivity index (χ0) is 25.6. The van der Waals surface area contributed by atoms with Gasteiger partial charge in [0.1, 0.15) is 35.9 Å². The molecule has 8 nitrogen and oxygen atoms in total. The van der Waals surface area contributed by atoms with Gasteiger partial charge in [0.05, 0.1) is 12.7 Å². The van der Waals surface area contributed by atoms with Gasteiger partial charge in [0, 0.05) is 22.9 Å². The Morgan fingerprint density at radius 3 is 2.68 bits per heavy atom. The van der Waals surface area contributed by atoms with Gasteiger partial charge in [-0.3, -0.25) is 0 Å². The van der Waals surface area contributed by atoms with Gasteiger partial charge in [-0.05, 0) is 35.2 Å². The molecule has 8 heteroatoms. The van der Waals surface area contributed by atoms with Gasteiger partial charge in [-0.2, -0.15) is 0 Å². The summed E-state index contributed by atoms with van der Waals surface area (Å²) in [6.45, 7) is 0.197. The van der Waals surface area contributed by atoms with Crippen LogP contribution in [-0.4, -0.2) is 31.8 Å². The van der Waals surface area contributed by atoms with Crippen LogP contribution >= 0.6 is 0 Å². The molecule has 0 amide bonds. The van der Waals surface area contributed by atoms with Gasteiger partial charge in [0.15, 0.2) is 11.5 Å². The summed E-state index contributed by atoms with van der Waals surface area (Å²) in [5, 5.41) is 16.9. The number of hydrogen-bond donors (Lipinski definition) is 1. The number of fused-ring (bicyclic) bond motifs is 5. The predicted octanol–water partition coefficient (Wildman–Crippen LogP) is 5.86. The first-order valence-corrected chi connectivity index (χ1v) is 12.2. The van der Waals surface area contributed by atoms with Crippen molar-refractivity contribution in [1.29, 1.82) is 0 Å². The molecule has 0 spiro atoms. The van der Waals surface area contributed by atoms with Crippen molar-refractivity contribution in [2.24, 2.45) is 0 Å². The fourth-order valence-electron chi connectivity index (χ4n) is 5.02. The van der Waals surface area contributed by atoms with Gasteiger partial charge in [-0.25, -0.2) is 14.5 Å². The SMILES string of the molecule is COc1ccc([C@@H]2c3ccc(O)cc3Oc3ncn4nc(COc5cccc6ccccc56)nc4c32)cc1. The Hall–Kier alpha value is -5.11. The molecule has 6 aromatic rings. The normalized spacial score (nSPS) is 14.1. The van der Waals surface area contributed by atoms with E-state index in [9.17, 15) is 5.11 Å². The van der Waals surface area contributed by atoms with Crippen molar-refractivity contribution in [2.45, 2.75) is 12.5 Å². The van der Waals surface area contributed by atoms with Crippen LogP contribution in [0.4, 0.5) is 0 Å². The Morgan fingerprint density at radius 2 is 1.82 bits per heavy atom. The summed E-state index contributed by atoms with van der Waals surface area (Å²) < 4.78 is 19.3. The highest BCUT2D eigenvalue weighted by Gasteiger charge is 2.33. The van der Waals surface area contributed by atoms with Gasteiger partial charge in [0.25, 0.3) is 0 Å².